The second kappa shape index (κ2) is 3.79. The first kappa shape index (κ1) is 9.73. The summed E-state index contributed by atoms with van der Waals surface area (Å²) >= 11 is 4.74. The van der Waals surface area contributed by atoms with E-state index in [4.69, 9.17) is 18.0 Å². The molecule has 7 heteroatoms. The molecule has 1 unspecified atom stereocenters. The van der Waals surface area contributed by atoms with E-state index in [0.717, 1.165) is 0 Å². The van der Waals surface area contributed by atoms with Gasteiger partial charge in [0.25, 0.3) is 0 Å². The molecule has 0 bridgehead atoms. The highest BCUT2D eigenvalue weighted by molar-refractivity contribution is 8.93. The molecule has 0 aliphatic carbocycles. The second-order valence-corrected chi connectivity index (χ2v) is 2.06. The first-order valence-electron chi connectivity index (χ1n) is 2.47. The minimum atomic E-state index is -0.188. The van der Waals surface area contributed by atoms with Crippen molar-refractivity contribution in [2.75, 3.05) is 0 Å². The van der Waals surface area contributed by atoms with Gasteiger partial charge < -0.3 is 5.73 Å². The van der Waals surface area contributed by atoms with Gasteiger partial charge in [-0.3, -0.25) is 0 Å². The summed E-state index contributed by atoms with van der Waals surface area (Å²) in [5, 5.41) is 9.51. The Morgan fingerprint density at radius 3 is 2.60 bits per heavy atom. The lowest BCUT2D eigenvalue weighted by Crippen LogP contribution is -2.15. The number of rotatable bonds is 1. The van der Waals surface area contributed by atoms with Crippen molar-refractivity contribution in [2.45, 2.75) is 13.1 Å². The molecule has 0 aliphatic heterocycles. The summed E-state index contributed by atoms with van der Waals surface area (Å²) in [6.07, 6.45) is -0.188. The summed E-state index contributed by atoms with van der Waals surface area (Å²) in [6, 6.07) is 0. The molecule has 58 valence electrons. The number of tetrazole rings is 1. The van der Waals surface area contributed by atoms with Crippen LogP contribution in [0.2, 0.25) is 0 Å². The van der Waals surface area contributed by atoms with Crippen molar-refractivity contribution in [3.63, 3.8) is 0 Å². The van der Waals surface area contributed by atoms with Gasteiger partial charge in [0.05, 0.1) is 6.17 Å². The van der Waals surface area contributed by atoms with E-state index in [2.05, 4.69) is 15.5 Å². The zero-order chi connectivity index (χ0) is 6.85. The quantitative estimate of drug-likeness (QED) is 0.679. The fourth-order valence-corrected chi connectivity index (χ4v) is 0.717. The summed E-state index contributed by atoms with van der Waals surface area (Å²) in [5.41, 5.74) is 5.44. The third kappa shape index (κ3) is 1.86. The van der Waals surface area contributed by atoms with E-state index in [1.165, 1.54) is 4.68 Å². The maximum Gasteiger partial charge on any atom is 0.239 e. The summed E-state index contributed by atoms with van der Waals surface area (Å²) < 4.78 is 1.88. The molecule has 10 heavy (non-hydrogen) atoms. The molecule has 1 aromatic heterocycles. The molecular formula is C3H8BrN5S. The van der Waals surface area contributed by atoms with E-state index >= 15 is 0 Å². The molecule has 0 aliphatic rings. The molecule has 0 spiro atoms. The molecule has 0 fully saturated rings. The summed E-state index contributed by atoms with van der Waals surface area (Å²) in [7, 11) is 0. The van der Waals surface area contributed by atoms with Crippen molar-refractivity contribution >= 4 is 29.2 Å². The summed E-state index contributed by atoms with van der Waals surface area (Å²) in [6.45, 7) is 1.79. The van der Waals surface area contributed by atoms with Gasteiger partial charge in [-0.2, -0.15) is 5.21 Å². The third-order valence-electron chi connectivity index (χ3n) is 0.901. The molecule has 1 rings (SSSR count). The zero-order valence-electron chi connectivity index (χ0n) is 5.31. The van der Waals surface area contributed by atoms with Crippen molar-refractivity contribution in [1.29, 1.82) is 0 Å². The van der Waals surface area contributed by atoms with Gasteiger partial charge in [0.1, 0.15) is 0 Å². The average Bonchev–Trinajstić information content (AvgIpc) is 2.13. The molecule has 5 nitrogen and oxygen atoms in total. The highest BCUT2D eigenvalue weighted by Crippen LogP contribution is 1.90. The van der Waals surface area contributed by atoms with Gasteiger partial charge in [0.2, 0.25) is 4.77 Å². The predicted molar refractivity (Wildman–Crippen MR) is 44.4 cm³/mol. The van der Waals surface area contributed by atoms with Crippen LogP contribution in [0.15, 0.2) is 0 Å². The first-order valence-corrected chi connectivity index (χ1v) is 2.88. The van der Waals surface area contributed by atoms with E-state index in [1.54, 1.807) is 6.92 Å². The molecule has 3 N–H and O–H groups in total. The number of nitrogens with two attached hydrogens (primary N) is 1. The second-order valence-electron chi connectivity index (χ2n) is 1.69. The van der Waals surface area contributed by atoms with Crippen LogP contribution in [0.25, 0.3) is 0 Å². The molecule has 1 aromatic rings. The standard InChI is InChI=1S/C3H7N5S.BrH/c1-2(4)8-3(9)5-6-7-8;/h2H,4H2,1H3,(H,5,7,9);1H. The minimum absolute atomic E-state index is 0. The Kier molecular flexibility index (Phi) is 3.69. The Hall–Kier alpha value is -0.270. The van der Waals surface area contributed by atoms with Gasteiger partial charge in [0.15, 0.2) is 0 Å². The van der Waals surface area contributed by atoms with Crippen LogP contribution in [-0.4, -0.2) is 20.2 Å². The van der Waals surface area contributed by atoms with Crippen LogP contribution in [0.5, 0.6) is 0 Å². The summed E-state index contributed by atoms with van der Waals surface area (Å²) in [4.78, 5) is 0. The van der Waals surface area contributed by atoms with Crippen LogP contribution in [0.3, 0.4) is 0 Å². The molecule has 0 saturated carbocycles. The molecule has 0 radical (unpaired) electrons. The number of aromatic nitrogens is 4. The van der Waals surface area contributed by atoms with Crippen LogP contribution in [0.4, 0.5) is 0 Å². The molecule has 0 aromatic carbocycles. The van der Waals surface area contributed by atoms with Gasteiger partial charge in [-0.15, -0.1) is 17.0 Å². The van der Waals surface area contributed by atoms with Crippen molar-refractivity contribution in [3.05, 3.63) is 4.77 Å². The smallest absolute Gasteiger partial charge is 0.239 e. The molecule has 0 amide bonds. The largest absolute Gasteiger partial charge is 0.310 e. The highest BCUT2D eigenvalue weighted by Gasteiger charge is 1.97. The number of hydrogen-bond acceptors (Lipinski definition) is 4. The van der Waals surface area contributed by atoms with Crippen LogP contribution in [-0.2, 0) is 0 Å². The van der Waals surface area contributed by atoms with E-state index < -0.39 is 0 Å². The summed E-state index contributed by atoms with van der Waals surface area (Å²) in [5.74, 6) is 0. The lowest BCUT2D eigenvalue weighted by molar-refractivity contribution is 0.488. The molecule has 1 atom stereocenters. The number of halogens is 1. The Labute approximate surface area is 73.4 Å². The Balaban J connectivity index is 0.000000810. The lowest BCUT2D eigenvalue weighted by atomic mass is 10.6. The molecule has 0 saturated heterocycles. The average molecular weight is 226 g/mol. The lowest BCUT2D eigenvalue weighted by Gasteiger charge is -2.01. The fourth-order valence-electron chi connectivity index (χ4n) is 0.470. The maximum atomic E-state index is 5.44. The monoisotopic (exact) mass is 225 g/mol. The number of nitrogens with one attached hydrogen (secondary N) is 1. The predicted octanol–water partition coefficient (Wildman–Crippen LogP) is 0.391. The number of aromatic amines is 1. The van der Waals surface area contributed by atoms with Crippen LogP contribution < -0.4 is 5.73 Å². The Morgan fingerprint density at radius 1 is 1.80 bits per heavy atom. The number of H-pyrrole nitrogens is 1. The van der Waals surface area contributed by atoms with Gasteiger partial charge in [-0.1, -0.05) is 10.3 Å². The van der Waals surface area contributed by atoms with Gasteiger partial charge in [-0.25, -0.2) is 4.68 Å². The van der Waals surface area contributed by atoms with Gasteiger partial charge in [-0.05, 0) is 19.1 Å². The van der Waals surface area contributed by atoms with E-state index in [1.807, 2.05) is 0 Å². The van der Waals surface area contributed by atoms with E-state index in [0.29, 0.717) is 4.77 Å². The van der Waals surface area contributed by atoms with Crippen molar-refractivity contribution in [3.8, 4) is 0 Å². The topological polar surface area (TPSA) is 72.5 Å². The SMILES string of the molecule is Br.CC(N)n1[nH]nnc1=S. The third-order valence-corrected chi connectivity index (χ3v) is 1.18. The molecular weight excluding hydrogens is 218 g/mol. The Bertz CT molecular complexity index is 239. The van der Waals surface area contributed by atoms with Gasteiger partial charge in [0, 0.05) is 0 Å². The highest BCUT2D eigenvalue weighted by atomic mass is 79.9. The van der Waals surface area contributed by atoms with Gasteiger partial charge >= 0.3 is 0 Å². The zero-order valence-corrected chi connectivity index (χ0v) is 7.84. The number of hydrogen-bond donors (Lipinski definition) is 2. The Morgan fingerprint density at radius 2 is 2.40 bits per heavy atom. The normalized spacial score (nSPS) is 12.2. The van der Waals surface area contributed by atoms with Crippen LogP contribution in [0.1, 0.15) is 13.1 Å². The number of nitrogens with zero attached hydrogens (tertiary/aromatic N) is 3. The van der Waals surface area contributed by atoms with Crippen molar-refractivity contribution in [2.24, 2.45) is 5.73 Å². The maximum absolute atomic E-state index is 5.44. The van der Waals surface area contributed by atoms with Crippen molar-refractivity contribution in [1.82, 2.24) is 20.2 Å². The van der Waals surface area contributed by atoms with E-state index in [9.17, 15) is 0 Å². The molecule has 1 heterocycles. The first-order chi connectivity index (χ1) is 4.22. The van der Waals surface area contributed by atoms with E-state index in [-0.39, 0.29) is 23.1 Å². The van der Waals surface area contributed by atoms with Crippen LogP contribution >= 0.6 is 29.2 Å². The fraction of sp³-hybridized carbons (Fsp3) is 0.667. The minimum Gasteiger partial charge on any atom is -0.310 e. The van der Waals surface area contributed by atoms with Crippen LogP contribution in [0, 0.1) is 4.77 Å². The van der Waals surface area contributed by atoms with Crippen molar-refractivity contribution < 1.29 is 0 Å².